The van der Waals surface area contributed by atoms with Gasteiger partial charge < -0.3 is 0 Å². The first-order valence-corrected chi connectivity index (χ1v) is 6.19. The summed E-state index contributed by atoms with van der Waals surface area (Å²) in [6.45, 7) is 3.82. The van der Waals surface area contributed by atoms with Gasteiger partial charge in [-0.2, -0.15) is 0 Å². The molecule has 86 valence electrons. The number of carbonyl (C=O) groups excluding carboxylic acids is 1. The van der Waals surface area contributed by atoms with Crippen LogP contribution in [0.25, 0.3) is 0 Å². The van der Waals surface area contributed by atoms with Gasteiger partial charge in [-0.25, -0.2) is 0 Å². The van der Waals surface area contributed by atoms with Gasteiger partial charge in [-0.3, -0.25) is 4.79 Å². The van der Waals surface area contributed by atoms with E-state index in [4.69, 9.17) is 6.42 Å². The predicted octanol–water partition coefficient (Wildman–Crippen LogP) is 3.97. The Morgan fingerprint density at radius 2 is 1.67 bits per heavy atom. The van der Waals surface area contributed by atoms with Crippen LogP contribution >= 0.6 is 0 Å². The van der Waals surface area contributed by atoms with Crippen LogP contribution in [0.2, 0.25) is 0 Å². The molecule has 0 saturated heterocycles. The molecule has 0 aliphatic heterocycles. The second-order valence-electron chi connectivity index (χ2n) is 4.24. The lowest BCUT2D eigenvalue weighted by Crippen LogP contribution is -2.07. The molecule has 1 atom stereocenters. The number of hydrogen-bond donors (Lipinski definition) is 0. The number of hydrogen-bond acceptors (Lipinski definition) is 1. The topological polar surface area (TPSA) is 17.1 Å². The zero-order valence-electron chi connectivity index (χ0n) is 10.2. The molecule has 1 nitrogen and oxygen atoms in total. The molecule has 0 aromatic rings. The number of rotatable bonds is 9. The van der Waals surface area contributed by atoms with Crippen LogP contribution in [-0.2, 0) is 4.79 Å². The highest BCUT2D eigenvalue weighted by molar-refractivity contribution is 5.80. The van der Waals surface area contributed by atoms with Crippen molar-refractivity contribution in [3.05, 3.63) is 0 Å². The van der Waals surface area contributed by atoms with E-state index in [1.165, 1.54) is 38.5 Å². The van der Waals surface area contributed by atoms with Crippen LogP contribution in [0.5, 0.6) is 0 Å². The van der Waals surface area contributed by atoms with Crippen LogP contribution in [0.1, 0.15) is 65.2 Å². The third kappa shape index (κ3) is 8.24. The molecular weight excluding hydrogens is 184 g/mol. The van der Waals surface area contributed by atoms with Gasteiger partial charge in [0.15, 0.2) is 0 Å². The molecule has 0 bridgehead atoms. The molecule has 0 saturated carbocycles. The number of carbonyl (C=O) groups is 1. The third-order valence-corrected chi connectivity index (χ3v) is 2.79. The van der Waals surface area contributed by atoms with E-state index in [-0.39, 0.29) is 11.7 Å². The molecule has 0 aliphatic carbocycles. The van der Waals surface area contributed by atoms with Gasteiger partial charge in [0.25, 0.3) is 0 Å². The minimum atomic E-state index is -0.138. The fourth-order valence-corrected chi connectivity index (χ4v) is 1.71. The molecule has 0 fully saturated rings. The maximum absolute atomic E-state index is 11.0. The summed E-state index contributed by atoms with van der Waals surface area (Å²) in [7, 11) is 0. The summed E-state index contributed by atoms with van der Waals surface area (Å²) < 4.78 is 0. The van der Waals surface area contributed by atoms with Gasteiger partial charge in [0.1, 0.15) is 5.78 Å². The molecule has 0 rings (SSSR count). The van der Waals surface area contributed by atoms with Crippen LogP contribution in [0, 0.1) is 18.3 Å². The highest BCUT2D eigenvalue weighted by Crippen LogP contribution is 2.12. The van der Waals surface area contributed by atoms with Crippen molar-refractivity contribution in [1.82, 2.24) is 0 Å². The fraction of sp³-hybridized carbons (Fsp3) is 0.786. The zero-order valence-corrected chi connectivity index (χ0v) is 10.2. The molecule has 0 aromatic carbocycles. The van der Waals surface area contributed by atoms with Crippen LogP contribution < -0.4 is 0 Å². The average Bonchev–Trinajstić information content (AvgIpc) is 2.21. The Kier molecular flexibility index (Phi) is 9.27. The lowest BCUT2D eigenvalue weighted by atomic mass is 9.98. The van der Waals surface area contributed by atoms with Crippen molar-refractivity contribution in [2.75, 3.05) is 0 Å². The summed E-state index contributed by atoms with van der Waals surface area (Å²) in [5.41, 5.74) is 0. The summed E-state index contributed by atoms with van der Waals surface area (Å²) in [5, 5.41) is 0. The monoisotopic (exact) mass is 208 g/mol. The average molecular weight is 208 g/mol. The van der Waals surface area contributed by atoms with Gasteiger partial charge in [-0.05, 0) is 13.3 Å². The second kappa shape index (κ2) is 9.77. The lowest BCUT2D eigenvalue weighted by Gasteiger charge is -2.05. The van der Waals surface area contributed by atoms with Gasteiger partial charge in [-0.15, -0.1) is 6.42 Å². The third-order valence-electron chi connectivity index (χ3n) is 2.79. The van der Waals surface area contributed by atoms with Crippen molar-refractivity contribution in [3.63, 3.8) is 0 Å². The van der Waals surface area contributed by atoms with E-state index in [0.717, 1.165) is 12.8 Å². The lowest BCUT2D eigenvalue weighted by molar-refractivity contribution is -0.119. The first-order chi connectivity index (χ1) is 7.22. The van der Waals surface area contributed by atoms with E-state index in [1.54, 1.807) is 6.92 Å². The SMILES string of the molecule is C#CC(CCCCCCCCC)C(C)=O. The summed E-state index contributed by atoms with van der Waals surface area (Å²) in [6, 6.07) is 0. The molecule has 0 N–H and O–H groups in total. The maximum atomic E-state index is 11.0. The predicted molar refractivity (Wildman–Crippen MR) is 65.6 cm³/mol. The Morgan fingerprint density at radius 3 is 2.13 bits per heavy atom. The molecule has 0 amide bonds. The Morgan fingerprint density at radius 1 is 1.13 bits per heavy atom. The van der Waals surface area contributed by atoms with Gasteiger partial charge in [0.2, 0.25) is 0 Å². The van der Waals surface area contributed by atoms with E-state index < -0.39 is 0 Å². The Bertz CT molecular complexity index is 200. The van der Waals surface area contributed by atoms with E-state index in [1.807, 2.05) is 0 Å². The van der Waals surface area contributed by atoms with Gasteiger partial charge in [-0.1, -0.05) is 57.8 Å². The number of Topliss-reactive ketones (excluding diaryl/α,β-unsaturated/α-hetero) is 1. The Hall–Kier alpha value is -0.770. The molecule has 0 radical (unpaired) electrons. The minimum Gasteiger partial charge on any atom is -0.299 e. The molecule has 1 unspecified atom stereocenters. The molecule has 0 aromatic heterocycles. The van der Waals surface area contributed by atoms with E-state index >= 15 is 0 Å². The molecule has 0 spiro atoms. The molecule has 0 aliphatic rings. The fourth-order valence-electron chi connectivity index (χ4n) is 1.71. The molecule has 1 heteroatoms. The quantitative estimate of drug-likeness (QED) is 0.414. The van der Waals surface area contributed by atoms with Crippen molar-refractivity contribution < 1.29 is 4.79 Å². The second-order valence-corrected chi connectivity index (χ2v) is 4.24. The molecule has 15 heavy (non-hydrogen) atoms. The smallest absolute Gasteiger partial charge is 0.144 e. The van der Waals surface area contributed by atoms with Crippen LogP contribution in [-0.4, -0.2) is 5.78 Å². The minimum absolute atomic E-state index is 0.138. The zero-order chi connectivity index (χ0) is 11.5. The first kappa shape index (κ1) is 14.2. The Balaban J connectivity index is 3.30. The highest BCUT2D eigenvalue weighted by Gasteiger charge is 2.09. The van der Waals surface area contributed by atoms with E-state index in [2.05, 4.69) is 12.8 Å². The normalized spacial score (nSPS) is 12.1. The Labute approximate surface area is 94.6 Å². The summed E-state index contributed by atoms with van der Waals surface area (Å²) in [5.74, 6) is 2.57. The first-order valence-electron chi connectivity index (χ1n) is 6.19. The largest absolute Gasteiger partial charge is 0.299 e. The van der Waals surface area contributed by atoms with Crippen LogP contribution in [0.4, 0.5) is 0 Å². The number of unbranched alkanes of at least 4 members (excludes halogenated alkanes) is 6. The van der Waals surface area contributed by atoms with E-state index in [0.29, 0.717) is 0 Å². The summed E-state index contributed by atoms with van der Waals surface area (Å²) in [6.07, 6.45) is 15.1. The van der Waals surface area contributed by atoms with Crippen molar-refractivity contribution in [2.45, 2.75) is 65.2 Å². The van der Waals surface area contributed by atoms with Crippen molar-refractivity contribution in [1.29, 1.82) is 0 Å². The summed E-state index contributed by atoms with van der Waals surface area (Å²) >= 11 is 0. The van der Waals surface area contributed by atoms with Crippen LogP contribution in [0.3, 0.4) is 0 Å². The molecule has 0 heterocycles. The maximum Gasteiger partial charge on any atom is 0.144 e. The number of terminal acetylenes is 1. The van der Waals surface area contributed by atoms with Crippen molar-refractivity contribution >= 4 is 5.78 Å². The van der Waals surface area contributed by atoms with Gasteiger partial charge in [0.05, 0.1) is 5.92 Å². The van der Waals surface area contributed by atoms with Crippen molar-refractivity contribution in [2.24, 2.45) is 5.92 Å². The standard InChI is InChI=1S/C14H24O/c1-4-6-7-8-9-10-11-12-14(5-2)13(3)15/h2,14H,4,6-12H2,1,3H3. The van der Waals surface area contributed by atoms with Gasteiger partial charge >= 0.3 is 0 Å². The molecular formula is C14H24O. The highest BCUT2D eigenvalue weighted by atomic mass is 16.1. The van der Waals surface area contributed by atoms with Gasteiger partial charge in [0, 0.05) is 0 Å². The number of ketones is 1. The van der Waals surface area contributed by atoms with Crippen LogP contribution in [0.15, 0.2) is 0 Å². The van der Waals surface area contributed by atoms with Crippen molar-refractivity contribution in [3.8, 4) is 12.3 Å². The summed E-state index contributed by atoms with van der Waals surface area (Å²) in [4.78, 5) is 11.0. The van der Waals surface area contributed by atoms with E-state index in [9.17, 15) is 4.79 Å².